The maximum absolute atomic E-state index is 6.51. The van der Waals surface area contributed by atoms with Crippen LogP contribution in [0.1, 0.15) is 41.0 Å². The Balaban J connectivity index is 0.00000225. The Morgan fingerprint density at radius 1 is 1.20 bits per heavy atom. The number of hydrogen-bond donors (Lipinski definition) is 2. The van der Waals surface area contributed by atoms with Gasteiger partial charge < -0.3 is 11.1 Å². The molecule has 25 heavy (non-hydrogen) atoms. The number of hydrogen-bond acceptors (Lipinski definition) is 2. The van der Waals surface area contributed by atoms with E-state index in [1.165, 1.54) is 22.3 Å². The fourth-order valence-corrected chi connectivity index (χ4v) is 3.97. The highest BCUT2D eigenvalue weighted by Crippen LogP contribution is 2.35. The van der Waals surface area contributed by atoms with Crippen LogP contribution in [0.3, 0.4) is 0 Å². The van der Waals surface area contributed by atoms with Crippen molar-refractivity contribution in [3.8, 4) is 0 Å². The molecule has 2 nitrogen and oxygen atoms in total. The molecule has 0 aromatic heterocycles. The van der Waals surface area contributed by atoms with E-state index in [9.17, 15) is 0 Å². The van der Waals surface area contributed by atoms with Crippen molar-refractivity contribution in [2.24, 2.45) is 5.73 Å². The van der Waals surface area contributed by atoms with Crippen LogP contribution in [0.4, 0.5) is 0 Å². The van der Waals surface area contributed by atoms with Gasteiger partial charge >= 0.3 is 0 Å². The molecule has 3 N–H and O–H groups in total. The van der Waals surface area contributed by atoms with Crippen molar-refractivity contribution in [3.63, 3.8) is 0 Å². The molecule has 2 atom stereocenters. The van der Waals surface area contributed by atoms with E-state index in [0.29, 0.717) is 5.92 Å². The van der Waals surface area contributed by atoms with Crippen molar-refractivity contribution in [1.29, 1.82) is 0 Å². The normalized spacial score (nSPS) is 19.2. The van der Waals surface area contributed by atoms with Crippen LogP contribution in [0.2, 0.25) is 5.02 Å². The predicted octanol–water partition coefficient (Wildman–Crippen LogP) is 4.51. The van der Waals surface area contributed by atoms with Gasteiger partial charge in [0.1, 0.15) is 0 Å². The molecule has 2 aromatic carbocycles. The highest BCUT2D eigenvalue weighted by molar-refractivity contribution is 6.31. The monoisotopic (exact) mass is 378 g/mol. The lowest BCUT2D eigenvalue weighted by atomic mass is 9.76. The molecule has 4 heteroatoms. The minimum absolute atomic E-state index is 0. The first kappa shape index (κ1) is 20.3. The van der Waals surface area contributed by atoms with Crippen LogP contribution in [-0.2, 0) is 19.3 Å². The molecule has 0 aliphatic heterocycles. The summed E-state index contributed by atoms with van der Waals surface area (Å²) in [7, 11) is 2.01. The van der Waals surface area contributed by atoms with Crippen molar-refractivity contribution in [1.82, 2.24) is 5.32 Å². The van der Waals surface area contributed by atoms with Crippen molar-refractivity contribution >= 4 is 24.0 Å². The zero-order valence-electron chi connectivity index (χ0n) is 14.8. The van der Waals surface area contributed by atoms with Gasteiger partial charge in [-0.3, -0.25) is 0 Å². The van der Waals surface area contributed by atoms with Gasteiger partial charge in [0, 0.05) is 17.0 Å². The number of benzene rings is 2. The molecule has 0 spiro atoms. The molecule has 0 radical (unpaired) electrons. The SMILES string of the molecule is CNCCCc1ccc2c(c1)C(Cc1ccccc1Cl)C(N)CC2.Cl. The molecule has 0 saturated heterocycles. The molecule has 3 rings (SSSR count). The van der Waals surface area contributed by atoms with Gasteiger partial charge in [-0.2, -0.15) is 0 Å². The summed E-state index contributed by atoms with van der Waals surface area (Å²) in [6, 6.07) is 15.4. The highest BCUT2D eigenvalue weighted by Gasteiger charge is 2.27. The summed E-state index contributed by atoms with van der Waals surface area (Å²) in [5.41, 5.74) is 12.0. The molecule has 0 saturated carbocycles. The van der Waals surface area contributed by atoms with Crippen LogP contribution in [0.15, 0.2) is 42.5 Å². The highest BCUT2D eigenvalue weighted by atomic mass is 35.5. The van der Waals surface area contributed by atoms with Gasteiger partial charge in [0.25, 0.3) is 0 Å². The third-order valence-electron chi connectivity index (χ3n) is 5.16. The summed E-state index contributed by atoms with van der Waals surface area (Å²) in [5.74, 6) is 0.359. The molecule has 0 amide bonds. The number of nitrogens with two attached hydrogens (primary N) is 1. The smallest absolute Gasteiger partial charge is 0.0438 e. The molecular formula is C21H28Cl2N2. The van der Waals surface area contributed by atoms with Gasteiger partial charge in [-0.25, -0.2) is 0 Å². The molecule has 0 bridgehead atoms. The summed E-state index contributed by atoms with van der Waals surface area (Å²) in [6.07, 6.45) is 5.35. The molecule has 2 aromatic rings. The van der Waals surface area contributed by atoms with Crippen LogP contribution < -0.4 is 11.1 Å². The lowest BCUT2D eigenvalue weighted by molar-refractivity contribution is 0.467. The zero-order chi connectivity index (χ0) is 16.9. The fraction of sp³-hybridized carbons (Fsp3) is 0.429. The van der Waals surface area contributed by atoms with E-state index in [-0.39, 0.29) is 18.4 Å². The van der Waals surface area contributed by atoms with E-state index in [1.54, 1.807) is 0 Å². The third kappa shape index (κ3) is 4.98. The average Bonchev–Trinajstić information content (AvgIpc) is 2.59. The van der Waals surface area contributed by atoms with E-state index in [1.807, 2.05) is 19.2 Å². The largest absolute Gasteiger partial charge is 0.327 e. The van der Waals surface area contributed by atoms with E-state index in [4.69, 9.17) is 17.3 Å². The molecule has 2 unspecified atom stereocenters. The van der Waals surface area contributed by atoms with Gasteiger partial charge in [0.2, 0.25) is 0 Å². The van der Waals surface area contributed by atoms with Crippen molar-refractivity contribution in [2.45, 2.75) is 44.1 Å². The summed E-state index contributed by atoms with van der Waals surface area (Å²) < 4.78 is 0. The first-order valence-corrected chi connectivity index (χ1v) is 9.32. The van der Waals surface area contributed by atoms with Crippen LogP contribution >= 0.6 is 24.0 Å². The number of nitrogens with one attached hydrogen (secondary N) is 1. The van der Waals surface area contributed by atoms with E-state index >= 15 is 0 Å². The van der Waals surface area contributed by atoms with E-state index in [0.717, 1.165) is 43.7 Å². The Bertz CT molecular complexity index is 687. The van der Waals surface area contributed by atoms with Gasteiger partial charge in [-0.15, -0.1) is 12.4 Å². The van der Waals surface area contributed by atoms with Crippen molar-refractivity contribution in [2.75, 3.05) is 13.6 Å². The van der Waals surface area contributed by atoms with Gasteiger partial charge in [0.15, 0.2) is 0 Å². The predicted molar refractivity (Wildman–Crippen MR) is 110 cm³/mol. The van der Waals surface area contributed by atoms with E-state index in [2.05, 4.69) is 35.6 Å². The Morgan fingerprint density at radius 3 is 2.76 bits per heavy atom. The summed E-state index contributed by atoms with van der Waals surface area (Å²) in [6.45, 7) is 1.06. The molecule has 0 fully saturated rings. The topological polar surface area (TPSA) is 38.0 Å². The van der Waals surface area contributed by atoms with Crippen molar-refractivity contribution < 1.29 is 0 Å². The van der Waals surface area contributed by atoms with Crippen molar-refractivity contribution in [3.05, 3.63) is 69.7 Å². The summed E-state index contributed by atoms with van der Waals surface area (Å²) in [5, 5.41) is 4.07. The zero-order valence-corrected chi connectivity index (χ0v) is 16.4. The minimum atomic E-state index is 0. The average molecular weight is 379 g/mol. The number of rotatable bonds is 6. The van der Waals surface area contributed by atoms with Gasteiger partial charge in [-0.1, -0.05) is 48.0 Å². The summed E-state index contributed by atoms with van der Waals surface area (Å²) >= 11 is 6.39. The Hall–Kier alpha value is -1.06. The number of halogens is 2. The molecule has 0 heterocycles. The first-order chi connectivity index (χ1) is 11.7. The quantitative estimate of drug-likeness (QED) is 0.725. The second-order valence-corrected chi connectivity index (χ2v) is 7.25. The lowest BCUT2D eigenvalue weighted by Gasteiger charge is -2.32. The molecule has 136 valence electrons. The second-order valence-electron chi connectivity index (χ2n) is 6.84. The van der Waals surface area contributed by atoms with Gasteiger partial charge in [-0.05, 0) is 74.0 Å². The minimum Gasteiger partial charge on any atom is -0.327 e. The Kier molecular flexibility index (Phi) is 7.77. The Morgan fingerprint density at radius 2 is 2.00 bits per heavy atom. The van der Waals surface area contributed by atoms with E-state index < -0.39 is 0 Å². The summed E-state index contributed by atoms with van der Waals surface area (Å²) in [4.78, 5) is 0. The maximum atomic E-state index is 6.51. The molecule has 1 aliphatic rings. The third-order valence-corrected chi connectivity index (χ3v) is 5.53. The van der Waals surface area contributed by atoms with Crippen LogP contribution in [0.5, 0.6) is 0 Å². The lowest BCUT2D eigenvalue weighted by Crippen LogP contribution is -2.34. The van der Waals surface area contributed by atoms with Crippen LogP contribution in [-0.4, -0.2) is 19.6 Å². The molecule has 1 aliphatic carbocycles. The van der Waals surface area contributed by atoms with Gasteiger partial charge in [0.05, 0.1) is 0 Å². The molecular weight excluding hydrogens is 351 g/mol. The second kappa shape index (κ2) is 9.59. The number of aryl methyl sites for hydroxylation is 2. The standard InChI is InChI=1S/C21H27ClN2.ClH/c1-24-12-4-5-15-8-9-16-10-11-21(23)19(18(16)13-15)14-17-6-2-3-7-20(17)22;/h2-3,6-9,13,19,21,24H,4-5,10-12,14,23H2,1H3;1H. The maximum Gasteiger partial charge on any atom is 0.0438 e. The Labute approximate surface area is 162 Å². The van der Waals surface area contributed by atoms with Crippen LogP contribution in [0, 0.1) is 0 Å². The fourth-order valence-electron chi connectivity index (χ4n) is 3.76. The first-order valence-electron chi connectivity index (χ1n) is 8.94. The van der Waals surface area contributed by atoms with Crippen LogP contribution in [0.25, 0.3) is 0 Å². The number of fused-ring (bicyclic) bond motifs is 1.